The number of alkyl halides is 3. The third-order valence-corrected chi connectivity index (χ3v) is 6.54. The molecule has 1 atom stereocenters. The van der Waals surface area contributed by atoms with E-state index in [9.17, 15) is 27.6 Å². The summed E-state index contributed by atoms with van der Waals surface area (Å²) < 4.78 is 45.9. The molecule has 4 rings (SSSR count). The smallest absolute Gasteiger partial charge is 0.380 e. The quantitative estimate of drug-likeness (QED) is 0.337. The minimum Gasteiger partial charge on any atom is -0.380 e. The van der Waals surface area contributed by atoms with E-state index in [0.717, 1.165) is 12.1 Å². The van der Waals surface area contributed by atoms with Crippen molar-refractivity contribution in [2.45, 2.75) is 25.6 Å². The Morgan fingerprint density at radius 3 is 2.54 bits per heavy atom. The van der Waals surface area contributed by atoms with Crippen molar-refractivity contribution in [2.75, 3.05) is 18.5 Å². The van der Waals surface area contributed by atoms with Crippen LogP contribution in [-0.2, 0) is 22.3 Å². The molecule has 0 bridgehead atoms. The molecule has 37 heavy (non-hydrogen) atoms. The molecular weight excluding hydrogens is 557 g/mol. The number of nitrogens with zero attached hydrogens (tertiary/aromatic N) is 1. The summed E-state index contributed by atoms with van der Waals surface area (Å²) in [6.45, 7) is 0.539. The lowest BCUT2D eigenvalue weighted by molar-refractivity contribution is -0.137. The fraction of sp³-hybridized carbons (Fsp3) is 0.280. The molecule has 1 aliphatic rings. The normalized spacial score (nSPS) is 17.4. The van der Waals surface area contributed by atoms with E-state index in [1.165, 1.54) is 18.3 Å². The number of benzene rings is 2. The zero-order chi connectivity index (χ0) is 26.6. The first kappa shape index (κ1) is 26.6. The van der Waals surface area contributed by atoms with E-state index in [4.69, 9.17) is 4.74 Å². The molecule has 8 nitrogen and oxygen atoms in total. The molecule has 1 aliphatic heterocycles. The number of nitrogens with one attached hydrogen (secondary N) is 3. The summed E-state index contributed by atoms with van der Waals surface area (Å²) in [4.78, 5) is 37.3. The van der Waals surface area contributed by atoms with Crippen molar-refractivity contribution in [2.24, 2.45) is 5.41 Å². The maximum Gasteiger partial charge on any atom is 0.418 e. The number of halogens is 4. The topological polar surface area (TPSA) is 113 Å². The fourth-order valence-electron chi connectivity index (χ4n) is 4.04. The predicted molar refractivity (Wildman–Crippen MR) is 132 cm³/mol. The number of rotatable bonds is 8. The number of ketones is 1. The molecule has 0 saturated carbocycles. The number of amides is 1. The van der Waals surface area contributed by atoms with E-state index in [1.807, 2.05) is 0 Å². The molecule has 194 valence electrons. The maximum atomic E-state index is 13.4. The Balaban J connectivity index is 1.40. The molecular formula is C25H22BrF3N4O4. The minimum absolute atomic E-state index is 0.0682. The van der Waals surface area contributed by atoms with Gasteiger partial charge in [0.2, 0.25) is 5.91 Å². The van der Waals surface area contributed by atoms with Crippen molar-refractivity contribution in [1.82, 2.24) is 15.5 Å². The van der Waals surface area contributed by atoms with E-state index in [1.54, 1.807) is 24.3 Å². The van der Waals surface area contributed by atoms with Crippen LogP contribution in [0.5, 0.6) is 0 Å². The summed E-state index contributed by atoms with van der Waals surface area (Å²) in [5, 5.41) is 11.4. The molecule has 3 aromatic rings. The Bertz CT molecular complexity index is 1350. The van der Waals surface area contributed by atoms with Crippen LogP contribution < -0.4 is 16.2 Å². The third kappa shape index (κ3) is 6.44. The minimum atomic E-state index is -4.52. The van der Waals surface area contributed by atoms with Crippen LogP contribution in [0.25, 0.3) is 0 Å². The summed E-state index contributed by atoms with van der Waals surface area (Å²) in [6.07, 6.45) is -3.07. The second-order valence-electron chi connectivity index (χ2n) is 8.71. The second-order valence-corrected chi connectivity index (χ2v) is 9.62. The van der Waals surface area contributed by atoms with Crippen LogP contribution in [0.1, 0.15) is 34.3 Å². The van der Waals surface area contributed by atoms with Gasteiger partial charge in [0, 0.05) is 41.4 Å². The van der Waals surface area contributed by atoms with Gasteiger partial charge in [-0.05, 0) is 42.3 Å². The number of H-pyrrole nitrogens is 1. The molecule has 2 aromatic carbocycles. The van der Waals surface area contributed by atoms with Crippen molar-refractivity contribution >= 4 is 39.0 Å². The van der Waals surface area contributed by atoms with Crippen molar-refractivity contribution < 1.29 is 27.5 Å². The number of hydrogen-bond donors (Lipinski definition) is 3. The summed E-state index contributed by atoms with van der Waals surface area (Å²) in [7, 11) is 0. The van der Waals surface area contributed by atoms with Crippen LogP contribution in [-0.4, -0.2) is 35.1 Å². The molecule has 2 heterocycles. The molecule has 0 radical (unpaired) electrons. The first-order valence-corrected chi connectivity index (χ1v) is 12.0. The van der Waals surface area contributed by atoms with Gasteiger partial charge in [0.15, 0.2) is 5.78 Å². The standard InChI is InChI=1S/C25H22BrF3N4O4/c26-17-3-6-20(19(10-17)25(27,28)29)32-18-4-1-15(2-5-18)12-30-23(36)24(7-8-37-14-24)11-21(34)16-9-22(35)33-31-13-16/h1-6,9-10,13,32H,7-8,11-12,14H2,(H,30,36)(H,33,35)/t24-/m0/s1. The van der Waals surface area contributed by atoms with Crippen LogP contribution in [0.3, 0.4) is 0 Å². The number of carbonyl (C=O) groups is 2. The predicted octanol–water partition coefficient (Wildman–Crippen LogP) is 4.59. The van der Waals surface area contributed by atoms with Crippen molar-refractivity contribution in [3.63, 3.8) is 0 Å². The van der Waals surface area contributed by atoms with Gasteiger partial charge in [-0.3, -0.25) is 14.4 Å². The average molecular weight is 579 g/mol. The second kappa shape index (κ2) is 10.9. The maximum absolute atomic E-state index is 13.4. The molecule has 0 unspecified atom stereocenters. The lowest BCUT2D eigenvalue weighted by atomic mass is 9.80. The highest BCUT2D eigenvalue weighted by molar-refractivity contribution is 9.10. The van der Waals surface area contributed by atoms with Crippen LogP contribution >= 0.6 is 15.9 Å². The molecule has 3 N–H and O–H groups in total. The number of ether oxygens (including phenoxy) is 1. The number of anilines is 2. The lowest BCUT2D eigenvalue weighted by Gasteiger charge is -2.25. The van der Waals surface area contributed by atoms with Gasteiger partial charge in [-0.15, -0.1) is 0 Å². The molecule has 0 spiro atoms. The van der Waals surface area contributed by atoms with Gasteiger partial charge in [0.25, 0.3) is 5.56 Å². The Hall–Kier alpha value is -3.51. The Kier molecular flexibility index (Phi) is 7.79. The lowest BCUT2D eigenvalue weighted by Crippen LogP contribution is -2.42. The number of hydrogen-bond acceptors (Lipinski definition) is 6. The van der Waals surface area contributed by atoms with Gasteiger partial charge in [-0.25, -0.2) is 5.10 Å². The largest absolute Gasteiger partial charge is 0.418 e. The number of carbonyl (C=O) groups excluding carboxylic acids is 2. The van der Waals surface area contributed by atoms with E-state index in [2.05, 4.69) is 36.8 Å². The average Bonchev–Trinajstić information content (AvgIpc) is 3.33. The highest BCUT2D eigenvalue weighted by Gasteiger charge is 2.44. The molecule has 1 fully saturated rings. The first-order chi connectivity index (χ1) is 17.6. The summed E-state index contributed by atoms with van der Waals surface area (Å²) >= 11 is 3.06. The van der Waals surface area contributed by atoms with Crippen LogP contribution in [0.4, 0.5) is 24.5 Å². The summed E-state index contributed by atoms with van der Waals surface area (Å²) in [6, 6.07) is 11.6. The number of aromatic nitrogens is 2. The zero-order valence-corrected chi connectivity index (χ0v) is 20.9. The van der Waals surface area contributed by atoms with Crippen LogP contribution in [0, 0.1) is 5.41 Å². The summed E-state index contributed by atoms with van der Waals surface area (Å²) in [5.41, 5.74) is -1.19. The first-order valence-electron chi connectivity index (χ1n) is 11.2. The molecule has 12 heteroatoms. The molecule has 1 aromatic heterocycles. The Morgan fingerprint density at radius 2 is 1.89 bits per heavy atom. The number of Topliss-reactive ketones (excluding diaryl/α,β-unsaturated/α-hetero) is 1. The number of aromatic amines is 1. The van der Waals surface area contributed by atoms with Gasteiger partial charge < -0.3 is 15.4 Å². The highest BCUT2D eigenvalue weighted by Crippen LogP contribution is 2.38. The zero-order valence-electron chi connectivity index (χ0n) is 19.3. The van der Waals surface area contributed by atoms with Gasteiger partial charge in [-0.1, -0.05) is 28.1 Å². The van der Waals surface area contributed by atoms with Gasteiger partial charge in [-0.2, -0.15) is 18.3 Å². The molecule has 0 aliphatic carbocycles. The van der Waals surface area contributed by atoms with Crippen molar-refractivity contribution in [3.8, 4) is 0 Å². The van der Waals surface area contributed by atoms with E-state index in [-0.39, 0.29) is 42.5 Å². The summed E-state index contributed by atoms with van der Waals surface area (Å²) in [5.74, 6) is -0.746. The van der Waals surface area contributed by atoms with Gasteiger partial charge >= 0.3 is 6.18 Å². The Labute approximate surface area is 217 Å². The van der Waals surface area contributed by atoms with Crippen molar-refractivity contribution in [1.29, 1.82) is 0 Å². The van der Waals surface area contributed by atoms with E-state index >= 15 is 0 Å². The van der Waals surface area contributed by atoms with Crippen LogP contribution in [0.2, 0.25) is 0 Å². The monoisotopic (exact) mass is 578 g/mol. The van der Waals surface area contributed by atoms with Gasteiger partial charge in [0.05, 0.1) is 29.5 Å². The molecule has 1 amide bonds. The fourth-order valence-corrected chi connectivity index (χ4v) is 4.40. The third-order valence-electron chi connectivity index (χ3n) is 6.04. The Morgan fingerprint density at radius 1 is 1.14 bits per heavy atom. The van der Waals surface area contributed by atoms with Crippen LogP contribution in [0.15, 0.2) is 64.0 Å². The highest BCUT2D eigenvalue weighted by atomic mass is 79.9. The van der Waals surface area contributed by atoms with E-state index < -0.39 is 22.7 Å². The SMILES string of the molecule is O=C(C[C@@]1(C(=O)NCc2ccc(Nc3ccc(Br)cc3C(F)(F)F)cc2)CCOC1)c1cn[nH]c(=O)c1. The van der Waals surface area contributed by atoms with E-state index in [0.29, 0.717) is 28.8 Å². The van der Waals surface area contributed by atoms with Crippen molar-refractivity contribution in [3.05, 3.63) is 86.2 Å². The molecule has 1 saturated heterocycles. The van der Waals surface area contributed by atoms with Gasteiger partial charge in [0.1, 0.15) is 0 Å².